The van der Waals surface area contributed by atoms with E-state index in [-0.39, 0.29) is 18.4 Å². The Bertz CT molecular complexity index is 1420. The summed E-state index contributed by atoms with van der Waals surface area (Å²) in [6.07, 6.45) is 14.7. The summed E-state index contributed by atoms with van der Waals surface area (Å²) in [7, 11) is 1.32. The van der Waals surface area contributed by atoms with Gasteiger partial charge in [-0.1, -0.05) is 77.2 Å². The molecule has 8 heteroatoms. The van der Waals surface area contributed by atoms with Crippen molar-refractivity contribution in [3.8, 4) is 0 Å². The Morgan fingerprint density at radius 1 is 1.09 bits per heavy atom. The summed E-state index contributed by atoms with van der Waals surface area (Å²) in [6, 6.07) is 12.3. The molecule has 1 aliphatic carbocycles. The number of amides is 2. The highest BCUT2D eigenvalue weighted by molar-refractivity contribution is 5.98. The van der Waals surface area contributed by atoms with Crippen LogP contribution in [-0.4, -0.2) is 50.6 Å². The van der Waals surface area contributed by atoms with Gasteiger partial charge in [-0.05, 0) is 79.5 Å². The van der Waals surface area contributed by atoms with Gasteiger partial charge in [0.2, 0.25) is 6.41 Å². The number of benzene rings is 2. The van der Waals surface area contributed by atoms with Crippen molar-refractivity contribution >= 4 is 29.7 Å². The second-order valence-electron chi connectivity index (χ2n) is 13.0. The number of anilines is 2. The molecule has 0 bridgehead atoms. The van der Waals surface area contributed by atoms with E-state index in [9.17, 15) is 14.4 Å². The molecule has 2 aliphatic rings. The van der Waals surface area contributed by atoms with E-state index in [0.717, 1.165) is 36.3 Å². The van der Waals surface area contributed by atoms with Crippen LogP contribution in [0.5, 0.6) is 0 Å². The van der Waals surface area contributed by atoms with E-state index in [1.54, 1.807) is 12.1 Å². The zero-order valence-corrected chi connectivity index (χ0v) is 28.8. The van der Waals surface area contributed by atoms with Crippen molar-refractivity contribution in [2.24, 2.45) is 11.8 Å². The third-order valence-corrected chi connectivity index (χ3v) is 9.53. The van der Waals surface area contributed by atoms with Gasteiger partial charge in [-0.25, -0.2) is 4.79 Å². The average molecular weight is 644 g/mol. The molecule has 1 fully saturated rings. The molecule has 0 spiro atoms. The normalized spacial score (nSPS) is 18.8. The van der Waals surface area contributed by atoms with Crippen LogP contribution >= 0.6 is 0 Å². The highest BCUT2D eigenvalue weighted by Crippen LogP contribution is 2.36. The Hall–Kier alpha value is -4.07. The quantitative estimate of drug-likeness (QED) is 0.113. The third-order valence-electron chi connectivity index (χ3n) is 9.53. The van der Waals surface area contributed by atoms with Crippen molar-refractivity contribution in [2.75, 3.05) is 30.5 Å². The van der Waals surface area contributed by atoms with Crippen LogP contribution in [0.1, 0.15) is 94.1 Å². The van der Waals surface area contributed by atoms with Gasteiger partial charge in [0.05, 0.1) is 19.7 Å². The number of ether oxygens (including phenoxy) is 2. The average Bonchev–Trinajstić information content (AvgIpc) is 3.24. The second kappa shape index (κ2) is 17.7. The smallest absolute Gasteiger partial charge is 0.328 e. The summed E-state index contributed by atoms with van der Waals surface area (Å²) in [6.45, 7) is 10.3. The number of nitrogens with zero attached hydrogens (tertiary/aromatic N) is 1. The van der Waals surface area contributed by atoms with Gasteiger partial charge in [0.25, 0.3) is 5.91 Å². The van der Waals surface area contributed by atoms with E-state index in [1.165, 1.54) is 50.4 Å². The van der Waals surface area contributed by atoms with Crippen LogP contribution in [0.25, 0.3) is 0 Å². The lowest BCUT2D eigenvalue weighted by Gasteiger charge is -2.33. The van der Waals surface area contributed by atoms with E-state index in [1.807, 2.05) is 24.3 Å². The minimum atomic E-state index is -0.874. The lowest BCUT2D eigenvalue weighted by Crippen LogP contribution is -2.43. The summed E-state index contributed by atoms with van der Waals surface area (Å²) in [5, 5.41) is 5.54. The molecule has 2 aromatic rings. The molecule has 0 saturated carbocycles. The number of rotatable bonds is 16. The lowest BCUT2D eigenvalue weighted by molar-refractivity contribution is -0.142. The standard InChI is InChI=1S/C39H53N3O5/c1-6-8-9-10-11-27(3)22-31-15-16-32(25-36(31)42-20-21-47-37-24-29(7-2)14-19-34(37)28(42)4)38(44)41-35(39(45)46-5)23-30-12-17-33(18-13-30)40-26-43/h12-13,15-19,24-29,35H,6-11,14,20-23H2,1-5H3,(H,40,43)(H,41,44). The van der Waals surface area contributed by atoms with Gasteiger partial charge in [-0.3, -0.25) is 9.59 Å². The molecular weight excluding hydrogens is 590 g/mol. The third kappa shape index (κ3) is 9.72. The molecule has 4 unspecified atom stereocenters. The fourth-order valence-electron chi connectivity index (χ4n) is 6.65. The van der Waals surface area contributed by atoms with Crippen LogP contribution in [0, 0.1) is 11.8 Å². The fraction of sp³-hybridized carbons (Fsp3) is 0.513. The Kier molecular flexibility index (Phi) is 13.5. The van der Waals surface area contributed by atoms with Crippen LogP contribution in [0.2, 0.25) is 0 Å². The summed E-state index contributed by atoms with van der Waals surface area (Å²) in [5.74, 6) is 1.15. The zero-order valence-electron chi connectivity index (χ0n) is 28.8. The first-order chi connectivity index (χ1) is 22.8. The van der Waals surface area contributed by atoms with Crippen LogP contribution < -0.4 is 15.5 Å². The highest BCUT2D eigenvalue weighted by Gasteiger charge is 2.30. The predicted molar refractivity (Wildman–Crippen MR) is 188 cm³/mol. The van der Waals surface area contributed by atoms with Crippen molar-refractivity contribution in [3.63, 3.8) is 0 Å². The van der Waals surface area contributed by atoms with E-state index < -0.39 is 12.0 Å². The van der Waals surface area contributed by atoms with Crippen molar-refractivity contribution in [3.05, 3.63) is 82.6 Å². The van der Waals surface area contributed by atoms with Crippen molar-refractivity contribution in [1.29, 1.82) is 0 Å². The number of nitrogens with one attached hydrogen (secondary N) is 2. The number of unbranched alkanes of at least 4 members (excludes halogenated alkanes) is 3. The molecule has 1 aliphatic heterocycles. The topological polar surface area (TPSA) is 97.0 Å². The van der Waals surface area contributed by atoms with E-state index in [4.69, 9.17) is 9.47 Å². The van der Waals surface area contributed by atoms with Crippen LogP contribution in [0.15, 0.2) is 65.9 Å². The van der Waals surface area contributed by atoms with Crippen molar-refractivity contribution in [2.45, 2.75) is 97.6 Å². The van der Waals surface area contributed by atoms with Gasteiger partial charge in [0, 0.05) is 28.9 Å². The molecule has 254 valence electrons. The molecular formula is C39H53N3O5. The Morgan fingerprint density at radius 2 is 1.87 bits per heavy atom. The van der Waals surface area contributed by atoms with Crippen molar-refractivity contribution in [1.82, 2.24) is 5.32 Å². The molecule has 4 atom stereocenters. The van der Waals surface area contributed by atoms with Gasteiger partial charge < -0.3 is 25.0 Å². The monoisotopic (exact) mass is 643 g/mol. The molecule has 2 N–H and O–H groups in total. The molecule has 0 aromatic heterocycles. The Labute approximate surface area is 281 Å². The number of esters is 1. The molecule has 0 radical (unpaired) electrons. The highest BCUT2D eigenvalue weighted by atomic mass is 16.5. The summed E-state index contributed by atoms with van der Waals surface area (Å²) in [5.41, 5.74) is 5.45. The molecule has 47 heavy (non-hydrogen) atoms. The first-order valence-electron chi connectivity index (χ1n) is 17.4. The first kappa shape index (κ1) is 35.8. The fourth-order valence-corrected chi connectivity index (χ4v) is 6.65. The number of allylic oxidation sites excluding steroid dienone is 2. The molecule has 1 heterocycles. The number of fused-ring (bicyclic) bond motifs is 1. The lowest BCUT2D eigenvalue weighted by atomic mass is 9.89. The largest absolute Gasteiger partial charge is 0.492 e. The molecule has 4 rings (SSSR count). The van der Waals surface area contributed by atoms with Crippen molar-refractivity contribution < 1.29 is 23.9 Å². The van der Waals surface area contributed by atoms with Crippen LogP contribution in [0.4, 0.5) is 11.4 Å². The summed E-state index contributed by atoms with van der Waals surface area (Å²) in [4.78, 5) is 39.8. The number of methoxy groups -OCH3 is 1. The number of carbonyl (C=O) groups excluding carboxylic acids is 3. The zero-order chi connectivity index (χ0) is 33.8. The van der Waals surface area contributed by atoms with Gasteiger partial charge in [-0.2, -0.15) is 0 Å². The number of hydrogen-bond donors (Lipinski definition) is 2. The van der Waals surface area contributed by atoms with Gasteiger partial charge in [-0.15, -0.1) is 0 Å². The van der Waals surface area contributed by atoms with E-state index in [0.29, 0.717) is 42.6 Å². The molecule has 8 nitrogen and oxygen atoms in total. The second-order valence-corrected chi connectivity index (χ2v) is 13.0. The SMILES string of the molecule is CCCCCCC(C)Cc1ccc(C(=O)NC(Cc2ccc(NC=O)cc2)C(=O)OC)cc1N1CCOC2=CC(CC)CC=C2C1C. The summed E-state index contributed by atoms with van der Waals surface area (Å²) >= 11 is 0. The molecule has 2 aromatic carbocycles. The maximum Gasteiger partial charge on any atom is 0.328 e. The van der Waals surface area contributed by atoms with Gasteiger partial charge in [0.15, 0.2) is 0 Å². The van der Waals surface area contributed by atoms with E-state index in [2.05, 4.69) is 61.4 Å². The number of carbonyl (C=O) groups is 3. The molecule has 2 amide bonds. The van der Waals surface area contributed by atoms with Gasteiger partial charge in [0.1, 0.15) is 18.4 Å². The summed E-state index contributed by atoms with van der Waals surface area (Å²) < 4.78 is 11.4. The number of hydrogen-bond acceptors (Lipinski definition) is 6. The van der Waals surface area contributed by atoms with Crippen LogP contribution in [-0.2, 0) is 31.9 Å². The first-order valence-corrected chi connectivity index (χ1v) is 17.4. The predicted octanol–water partition coefficient (Wildman–Crippen LogP) is 7.38. The van der Waals surface area contributed by atoms with Crippen LogP contribution in [0.3, 0.4) is 0 Å². The van der Waals surface area contributed by atoms with E-state index >= 15 is 0 Å². The molecule has 1 saturated heterocycles. The maximum atomic E-state index is 13.8. The minimum Gasteiger partial charge on any atom is -0.492 e. The minimum absolute atomic E-state index is 0.0815. The Morgan fingerprint density at radius 3 is 2.57 bits per heavy atom. The maximum absolute atomic E-state index is 13.8. The Balaban J connectivity index is 1.61. The van der Waals surface area contributed by atoms with Gasteiger partial charge >= 0.3 is 5.97 Å².